The molecule has 0 spiro atoms. The molecule has 4 aromatic carbocycles. The van der Waals surface area contributed by atoms with Crippen molar-refractivity contribution in [3.8, 4) is 5.75 Å². The van der Waals surface area contributed by atoms with E-state index in [1.165, 1.54) is 4.31 Å². The summed E-state index contributed by atoms with van der Waals surface area (Å²) in [4.78, 5) is 13.3. The number of sulfonamides is 1. The van der Waals surface area contributed by atoms with E-state index < -0.39 is 16.1 Å². The van der Waals surface area contributed by atoms with E-state index in [0.29, 0.717) is 18.0 Å². The summed E-state index contributed by atoms with van der Waals surface area (Å²) in [5.41, 5.74) is 3.25. The summed E-state index contributed by atoms with van der Waals surface area (Å²) < 4.78 is 34.4. The number of benzene rings is 4. The van der Waals surface area contributed by atoms with Crippen LogP contribution in [-0.2, 0) is 21.4 Å². The van der Waals surface area contributed by atoms with E-state index in [2.05, 4.69) is 5.32 Å². The first-order valence-electron chi connectivity index (χ1n) is 11.4. The Bertz CT molecular complexity index is 1510. The fourth-order valence-electron chi connectivity index (χ4n) is 4.21. The van der Waals surface area contributed by atoms with Gasteiger partial charge in [-0.25, -0.2) is 8.42 Å². The zero-order chi connectivity index (χ0) is 24.6. The molecule has 0 saturated carbocycles. The van der Waals surface area contributed by atoms with Gasteiger partial charge in [0.05, 0.1) is 17.1 Å². The quantitative estimate of drug-likeness (QED) is 0.443. The van der Waals surface area contributed by atoms with E-state index in [1.54, 1.807) is 36.4 Å². The number of carbonyl (C=O) groups is 1. The highest BCUT2D eigenvalue weighted by atomic mass is 32.2. The number of rotatable bonds is 5. The molecule has 0 aliphatic carbocycles. The summed E-state index contributed by atoms with van der Waals surface area (Å²) in [7, 11) is -3.89. The van der Waals surface area contributed by atoms with Gasteiger partial charge in [0.2, 0.25) is 0 Å². The molecular formula is C28H26N2O4S. The number of nitrogens with one attached hydrogen (secondary N) is 1. The van der Waals surface area contributed by atoms with Crippen LogP contribution in [0.3, 0.4) is 0 Å². The van der Waals surface area contributed by atoms with Crippen molar-refractivity contribution in [3.05, 3.63) is 102 Å². The Morgan fingerprint density at radius 3 is 2.40 bits per heavy atom. The second kappa shape index (κ2) is 9.07. The van der Waals surface area contributed by atoms with Gasteiger partial charge in [-0.1, -0.05) is 60.2 Å². The molecule has 5 rings (SSSR count). The van der Waals surface area contributed by atoms with Crippen molar-refractivity contribution in [1.29, 1.82) is 0 Å². The molecule has 1 aliphatic rings. The third-order valence-electron chi connectivity index (χ3n) is 6.17. The minimum absolute atomic E-state index is 0.115. The van der Waals surface area contributed by atoms with Crippen LogP contribution in [0.25, 0.3) is 10.8 Å². The van der Waals surface area contributed by atoms with E-state index in [1.807, 2.05) is 62.4 Å². The topological polar surface area (TPSA) is 75.7 Å². The molecule has 6 nitrogen and oxygen atoms in total. The molecule has 1 N–H and O–H groups in total. The number of fused-ring (bicyclic) bond motifs is 2. The van der Waals surface area contributed by atoms with Gasteiger partial charge in [-0.15, -0.1) is 0 Å². The molecule has 0 saturated heterocycles. The standard InChI is InChI=1S/C28H26N2O4S/c1-19-7-12-24(13-8-19)35(32,33)30-18-27(34-26-14-9-20(2)15-25(26)30)28(31)29-17-21-10-11-22-5-3-4-6-23(22)16-21/h3-16,27H,17-18H2,1-2H3,(H,29,31)/t27-/m0/s1. The molecule has 0 radical (unpaired) electrons. The van der Waals surface area contributed by atoms with Crippen LogP contribution in [0.1, 0.15) is 16.7 Å². The Hall–Kier alpha value is -3.84. The highest BCUT2D eigenvalue weighted by Crippen LogP contribution is 2.37. The Balaban J connectivity index is 1.40. The molecule has 7 heteroatoms. The van der Waals surface area contributed by atoms with E-state index in [-0.39, 0.29) is 17.3 Å². The lowest BCUT2D eigenvalue weighted by molar-refractivity contribution is -0.127. The van der Waals surface area contributed by atoms with E-state index in [4.69, 9.17) is 4.74 Å². The first-order chi connectivity index (χ1) is 16.8. The molecule has 35 heavy (non-hydrogen) atoms. The van der Waals surface area contributed by atoms with Gasteiger partial charge in [-0.2, -0.15) is 0 Å². The van der Waals surface area contributed by atoms with Crippen LogP contribution in [0.4, 0.5) is 5.69 Å². The van der Waals surface area contributed by atoms with Crippen LogP contribution in [0, 0.1) is 13.8 Å². The van der Waals surface area contributed by atoms with Gasteiger partial charge in [0.1, 0.15) is 5.75 Å². The fourth-order valence-corrected chi connectivity index (χ4v) is 5.68. The van der Waals surface area contributed by atoms with Crippen molar-refractivity contribution in [2.75, 3.05) is 10.8 Å². The van der Waals surface area contributed by atoms with Gasteiger partial charge in [0, 0.05) is 6.54 Å². The fraction of sp³-hybridized carbons (Fsp3) is 0.179. The van der Waals surface area contributed by atoms with Gasteiger partial charge in [-0.3, -0.25) is 9.10 Å². The first-order valence-corrected chi connectivity index (χ1v) is 12.9. The van der Waals surface area contributed by atoms with Crippen LogP contribution in [0.5, 0.6) is 5.75 Å². The number of carbonyl (C=O) groups excluding carboxylic acids is 1. The van der Waals surface area contributed by atoms with Crippen molar-refractivity contribution in [2.24, 2.45) is 0 Å². The molecule has 0 unspecified atom stereocenters. The van der Waals surface area contributed by atoms with Crippen molar-refractivity contribution in [2.45, 2.75) is 31.4 Å². The normalized spacial score (nSPS) is 15.4. The molecule has 178 valence electrons. The van der Waals surface area contributed by atoms with Gasteiger partial charge in [0.15, 0.2) is 6.10 Å². The predicted molar refractivity (Wildman–Crippen MR) is 137 cm³/mol. The van der Waals surface area contributed by atoms with Crippen LogP contribution in [0.15, 0.2) is 89.8 Å². The van der Waals surface area contributed by atoms with Crippen LogP contribution < -0.4 is 14.4 Å². The minimum Gasteiger partial charge on any atom is -0.476 e. The Morgan fingerprint density at radius 2 is 1.63 bits per heavy atom. The number of hydrogen-bond donors (Lipinski definition) is 1. The summed E-state index contributed by atoms with van der Waals surface area (Å²) in [6.07, 6.45) is -0.981. The van der Waals surface area contributed by atoms with E-state index in [0.717, 1.165) is 27.5 Å². The molecule has 4 aromatic rings. The smallest absolute Gasteiger partial charge is 0.264 e. The molecule has 1 atom stereocenters. The van der Waals surface area contributed by atoms with Crippen molar-refractivity contribution in [3.63, 3.8) is 0 Å². The second-order valence-corrected chi connectivity index (χ2v) is 10.7. The zero-order valence-electron chi connectivity index (χ0n) is 19.6. The average molecular weight is 487 g/mol. The van der Waals surface area contributed by atoms with Crippen molar-refractivity contribution >= 4 is 32.4 Å². The Kier molecular flexibility index (Phi) is 5.94. The number of hydrogen-bond acceptors (Lipinski definition) is 4. The third-order valence-corrected chi connectivity index (χ3v) is 7.96. The van der Waals surface area contributed by atoms with E-state index in [9.17, 15) is 13.2 Å². The molecule has 0 aromatic heterocycles. The highest BCUT2D eigenvalue weighted by molar-refractivity contribution is 7.92. The number of nitrogens with zero attached hydrogens (tertiary/aromatic N) is 1. The maximum Gasteiger partial charge on any atom is 0.264 e. The Labute approximate surface area is 205 Å². The number of anilines is 1. The van der Waals surface area contributed by atoms with Crippen LogP contribution in [-0.4, -0.2) is 27.0 Å². The number of ether oxygens (including phenoxy) is 1. The maximum absolute atomic E-state index is 13.6. The lowest BCUT2D eigenvalue weighted by Crippen LogP contribution is -2.50. The summed E-state index contributed by atoms with van der Waals surface area (Å²) in [6.45, 7) is 3.99. The summed E-state index contributed by atoms with van der Waals surface area (Å²) in [6, 6.07) is 26.1. The largest absolute Gasteiger partial charge is 0.476 e. The minimum atomic E-state index is -3.89. The van der Waals surface area contributed by atoms with Crippen molar-refractivity contribution in [1.82, 2.24) is 5.32 Å². The molecule has 0 fully saturated rings. The third kappa shape index (κ3) is 4.59. The maximum atomic E-state index is 13.6. The van der Waals surface area contributed by atoms with Gasteiger partial charge < -0.3 is 10.1 Å². The lowest BCUT2D eigenvalue weighted by atomic mass is 10.1. The molecular weight excluding hydrogens is 460 g/mol. The van der Waals surface area contributed by atoms with Gasteiger partial charge in [-0.05, 0) is 66.1 Å². The summed E-state index contributed by atoms with van der Waals surface area (Å²) in [5, 5.41) is 5.13. The van der Waals surface area contributed by atoms with Gasteiger partial charge >= 0.3 is 0 Å². The number of aryl methyl sites for hydroxylation is 2. The molecule has 1 heterocycles. The van der Waals surface area contributed by atoms with Crippen molar-refractivity contribution < 1.29 is 17.9 Å². The van der Waals surface area contributed by atoms with E-state index >= 15 is 0 Å². The highest BCUT2D eigenvalue weighted by Gasteiger charge is 2.37. The zero-order valence-corrected chi connectivity index (χ0v) is 20.4. The summed E-state index contributed by atoms with van der Waals surface area (Å²) >= 11 is 0. The first kappa shape index (κ1) is 22.9. The second-order valence-electron chi connectivity index (χ2n) is 8.83. The Morgan fingerprint density at radius 1 is 0.914 bits per heavy atom. The molecule has 0 bridgehead atoms. The van der Waals surface area contributed by atoms with Gasteiger partial charge in [0.25, 0.3) is 15.9 Å². The lowest BCUT2D eigenvalue weighted by Gasteiger charge is -2.35. The molecule has 1 aliphatic heterocycles. The SMILES string of the molecule is Cc1ccc(S(=O)(=O)N2C[C@@H](C(=O)NCc3ccc4ccccc4c3)Oc3ccc(C)cc32)cc1. The number of amides is 1. The monoisotopic (exact) mass is 486 g/mol. The average Bonchev–Trinajstić information content (AvgIpc) is 2.86. The van der Waals surface area contributed by atoms with Crippen LogP contribution >= 0.6 is 0 Å². The summed E-state index contributed by atoms with van der Waals surface area (Å²) in [5.74, 6) is -0.00289. The van der Waals surface area contributed by atoms with Crippen LogP contribution in [0.2, 0.25) is 0 Å². The predicted octanol–water partition coefficient (Wildman–Crippen LogP) is 4.73. The molecule has 1 amide bonds.